The Labute approximate surface area is 136 Å². The molecule has 0 saturated carbocycles. The van der Waals surface area contributed by atoms with Gasteiger partial charge in [-0.05, 0) is 12.1 Å². The summed E-state index contributed by atoms with van der Waals surface area (Å²) in [6, 6.07) is 4.14. The van der Waals surface area contributed by atoms with Gasteiger partial charge in [0.1, 0.15) is 18.0 Å². The van der Waals surface area contributed by atoms with Crippen LogP contribution in [-0.2, 0) is 17.5 Å². The molecule has 2 aromatic heterocycles. The molecule has 0 bridgehead atoms. The number of nitrogens with one attached hydrogen (secondary N) is 1. The molecule has 3 heterocycles. The Bertz CT molecular complexity index is 672. The molecule has 0 unspecified atom stereocenters. The molecule has 6 nitrogen and oxygen atoms in total. The molecule has 128 valence electrons. The Balaban J connectivity index is 1.62. The zero-order chi connectivity index (χ0) is 17.0. The van der Waals surface area contributed by atoms with Gasteiger partial charge in [0.15, 0.2) is 0 Å². The van der Waals surface area contributed by atoms with Crippen LogP contribution in [0, 0.1) is 0 Å². The summed E-state index contributed by atoms with van der Waals surface area (Å²) in [5, 5.41) is 2.96. The van der Waals surface area contributed by atoms with Gasteiger partial charge in [0, 0.05) is 25.4 Å². The van der Waals surface area contributed by atoms with Crippen molar-refractivity contribution in [3.05, 3.63) is 42.0 Å². The van der Waals surface area contributed by atoms with E-state index in [2.05, 4.69) is 25.2 Å². The van der Waals surface area contributed by atoms with E-state index in [1.165, 1.54) is 12.4 Å². The lowest BCUT2D eigenvalue weighted by Gasteiger charge is -2.27. The molecule has 0 aliphatic carbocycles. The molecule has 24 heavy (non-hydrogen) atoms. The number of nitrogens with zero attached hydrogens (tertiary/aromatic N) is 4. The van der Waals surface area contributed by atoms with Crippen LogP contribution in [0.15, 0.2) is 30.7 Å². The Morgan fingerprint density at radius 2 is 1.92 bits per heavy atom. The van der Waals surface area contributed by atoms with E-state index >= 15 is 0 Å². The quantitative estimate of drug-likeness (QED) is 0.922. The minimum atomic E-state index is -4.38. The van der Waals surface area contributed by atoms with E-state index in [0.717, 1.165) is 36.9 Å². The fourth-order valence-corrected chi connectivity index (χ4v) is 2.30. The van der Waals surface area contributed by atoms with Gasteiger partial charge in [-0.15, -0.1) is 0 Å². The molecule has 0 amide bonds. The number of aromatic nitrogens is 3. The fraction of sp³-hybridized carbons (Fsp3) is 0.400. The van der Waals surface area contributed by atoms with E-state index in [9.17, 15) is 13.2 Å². The first-order valence-electron chi connectivity index (χ1n) is 7.43. The van der Waals surface area contributed by atoms with E-state index < -0.39 is 11.7 Å². The lowest BCUT2D eigenvalue weighted by Crippen LogP contribution is -2.36. The Hall–Kier alpha value is -2.42. The van der Waals surface area contributed by atoms with Gasteiger partial charge >= 0.3 is 6.18 Å². The molecule has 1 fully saturated rings. The van der Waals surface area contributed by atoms with Crippen LogP contribution in [0.5, 0.6) is 0 Å². The van der Waals surface area contributed by atoms with Crippen LogP contribution in [0.4, 0.5) is 24.8 Å². The largest absolute Gasteiger partial charge is 0.417 e. The molecule has 0 atom stereocenters. The highest BCUT2D eigenvalue weighted by Gasteiger charge is 2.30. The maximum atomic E-state index is 12.5. The summed E-state index contributed by atoms with van der Waals surface area (Å²) in [4.78, 5) is 14.3. The third kappa shape index (κ3) is 4.10. The number of pyridine rings is 1. The molecule has 9 heteroatoms. The Kier molecular flexibility index (Phi) is 4.79. The lowest BCUT2D eigenvalue weighted by molar-refractivity contribution is -0.137. The fourth-order valence-electron chi connectivity index (χ4n) is 2.30. The van der Waals surface area contributed by atoms with E-state index in [1.807, 2.05) is 6.07 Å². The highest BCUT2D eigenvalue weighted by atomic mass is 19.4. The summed E-state index contributed by atoms with van der Waals surface area (Å²) in [5.41, 5.74) is -0.0436. The third-order valence-electron chi connectivity index (χ3n) is 3.59. The molecule has 1 aliphatic rings. The number of hydrogen-bond acceptors (Lipinski definition) is 6. The average Bonchev–Trinajstić information content (AvgIpc) is 2.61. The summed E-state index contributed by atoms with van der Waals surface area (Å²) in [6.07, 6.45) is -2.10. The SMILES string of the molecule is FC(F)(F)c1ccc(NCc2cc(N3CCOCC3)ncn2)nc1. The van der Waals surface area contributed by atoms with Crippen molar-refractivity contribution in [3.63, 3.8) is 0 Å². The minimum Gasteiger partial charge on any atom is -0.378 e. The summed E-state index contributed by atoms with van der Waals surface area (Å²) < 4.78 is 42.8. The summed E-state index contributed by atoms with van der Waals surface area (Å²) in [5.74, 6) is 1.17. The first-order valence-corrected chi connectivity index (χ1v) is 7.43. The molecule has 1 aliphatic heterocycles. The highest BCUT2D eigenvalue weighted by Crippen LogP contribution is 2.28. The topological polar surface area (TPSA) is 63.2 Å². The van der Waals surface area contributed by atoms with Gasteiger partial charge in [-0.1, -0.05) is 0 Å². The van der Waals surface area contributed by atoms with Crippen LogP contribution in [0.1, 0.15) is 11.3 Å². The van der Waals surface area contributed by atoms with Crippen LogP contribution in [0.25, 0.3) is 0 Å². The second-order valence-electron chi connectivity index (χ2n) is 5.25. The lowest BCUT2D eigenvalue weighted by atomic mass is 10.3. The number of anilines is 2. The van der Waals surface area contributed by atoms with Crippen molar-refractivity contribution in [2.75, 3.05) is 36.5 Å². The molecule has 2 aromatic rings. The number of rotatable bonds is 4. The molecule has 1 N–H and O–H groups in total. The van der Waals surface area contributed by atoms with Crippen molar-refractivity contribution in [2.45, 2.75) is 12.7 Å². The predicted octanol–water partition coefficient (Wildman–Crippen LogP) is 2.34. The zero-order valence-electron chi connectivity index (χ0n) is 12.8. The van der Waals surface area contributed by atoms with Gasteiger partial charge in [0.05, 0.1) is 31.0 Å². The monoisotopic (exact) mass is 339 g/mol. The van der Waals surface area contributed by atoms with Crippen molar-refractivity contribution in [1.82, 2.24) is 15.0 Å². The number of alkyl halides is 3. The number of morpholine rings is 1. The van der Waals surface area contributed by atoms with Crippen molar-refractivity contribution in [1.29, 1.82) is 0 Å². The van der Waals surface area contributed by atoms with Crippen LogP contribution >= 0.6 is 0 Å². The van der Waals surface area contributed by atoms with Crippen LogP contribution in [0.2, 0.25) is 0 Å². The predicted molar refractivity (Wildman–Crippen MR) is 81.6 cm³/mol. The van der Waals surface area contributed by atoms with Crippen LogP contribution < -0.4 is 10.2 Å². The summed E-state index contributed by atoms with van der Waals surface area (Å²) >= 11 is 0. The van der Waals surface area contributed by atoms with Crippen molar-refractivity contribution < 1.29 is 17.9 Å². The first-order chi connectivity index (χ1) is 11.5. The molecular formula is C15H16F3N5O. The Morgan fingerprint density at radius 3 is 2.58 bits per heavy atom. The third-order valence-corrected chi connectivity index (χ3v) is 3.59. The smallest absolute Gasteiger partial charge is 0.378 e. The van der Waals surface area contributed by atoms with Crippen molar-refractivity contribution in [3.8, 4) is 0 Å². The second kappa shape index (κ2) is 7.00. The average molecular weight is 339 g/mol. The van der Waals surface area contributed by atoms with Gasteiger partial charge < -0.3 is 15.0 Å². The molecule has 0 radical (unpaired) electrons. The maximum absolute atomic E-state index is 12.5. The van der Waals surface area contributed by atoms with Gasteiger partial charge in [0.2, 0.25) is 0 Å². The number of halogens is 3. The van der Waals surface area contributed by atoms with Crippen molar-refractivity contribution >= 4 is 11.6 Å². The highest BCUT2D eigenvalue weighted by molar-refractivity contribution is 5.41. The molecule has 0 aromatic carbocycles. The maximum Gasteiger partial charge on any atom is 0.417 e. The molecule has 3 rings (SSSR count). The van der Waals surface area contributed by atoms with Crippen LogP contribution in [0.3, 0.4) is 0 Å². The minimum absolute atomic E-state index is 0.345. The van der Waals surface area contributed by atoms with Gasteiger partial charge in [-0.25, -0.2) is 15.0 Å². The standard InChI is InChI=1S/C15H16F3N5O/c16-15(17,18)11-1-2-13(19-8-11)20-9-12-7-14(22-10-21-12)23-3-5-24-6-4-23/h1-2,7-8,10H,3-6,9H2,(H,19,20). The van der Waals surface area contributed by atoms with E-state index in [1.54, 1.807) is 0 Å². The van der Waals surface area contributed by atoms with Gasteiger partial charge in [-0.3, -0.25) is 0 Å². The molecule has 1 saturated heterocycles. The second-order valence-corrected chi connectivity index (χ2v) is 5.25. The van der Waals surface area contributed by atoms with E-state index in [0.29, 0.717) is 25.6 Å². The zero-order valence-corrected chi connectivity index (χ0v) is 12.8. The normalized spacial score (nSPS) is 15.4. The summed E-state index contributed by atoms with van der Waals surface area (Å²) in [6.45, 7) is 3.20. The van der Waals surface area contributed by atoms with E-state index in [-0.39, 0.29) is 0 Å². The van der Waals surface area contributed by atoms with Crippen LogP contribution in [-0.4, -0.2) is 41.3 Å². The van der Waals surface area contributed by atoms with Gasteiger partial charge in [-0.2, -0.15) is 13.2 Å². The molecular weight excluding hydrogens is 323 g/mol. The van der Waals surface area contributed by atoms with E-state index in [4.69, 9.17) is 4.74 Å². The molecule has 0 spiro atoms. The first kappa shape index (κ1) is 16.4. The van der Waals surface area contributed by atoms with Gasteiger partial charge in [0.25, 0.3) is 0 Å². The Morgan fingerprint density at radius 1 is 1.12 bits per heavy atom. The number of ether oxygens (including phenoxy) is 1. The number of hydrogen-bond donors (Lipinski definition) is 1. The van der Waals surface area contributed by atoms with Crippen molar-refractivity contribution in [2.24, 2.45) is 0 Å². The summed E-state index contributed by atoms with van der Waals surface area (Å²) in [7, 11) is 0.